The number of carbonyl (C=O) groups is 1. The second-order valence-corrected chi connectivity index (χ2v) is 3.84. The van der Waals surface area contributed by atoms with E-state index in [0.29, 0.717) is 10.0 Å². The van der Waals surface area contributed by atoms with Gasteiger partial charge in [-0.1, -0.05) is 29.1 Å². The fourth-order valence-electron chi connectivity index (χ4n) is 0.788. The smallest absolute Gasteiger partial charge is 0.421 e. The molecule has 84 valence electrons. The summed E-state index contributed by atoms with van der Waals surface area (Å²) in [6, 6.07) is 4.46. The minimum absolute atomic E-state index is 0.0108. The van der Waals surface area contributed by atoms with Gasteiger partial charge >= 0.3 is 6.16 Å². The third kappa shape index (κ3) is 4.47. The van der Waals surface area contributed by atoms with Gasteiger partial charge in [0.15, 0.2) is 6.61 Å². The zero-order valence-electron chi connectivity index (χ0n) is 7.80. The predicted octanol–water partition coefficient (Wildman–Crippen LogP) is 3.90. The second-order valence-electron chi connectivity index (χ2n) is 2.49. The maximum atomic E-state index is 11.1. The van der Waals surface area contributed by atoms with Crippen LogP contribution in [0.4, 0.5) is 4.79 Å². The number of rotatable bonds is 2. The molecule has 0 radical (unpaired) electrons. The summed E-state index contributed by atoms with van der Waals surface area (Å²) in [5.41, 5.74) is 0. The van der Waals surface area contributed by atoms with Crippen LogP contribution in [0.2, 0.25) is 10.0 Å². The van der Waals surface area contributed by atoms with Crippen molar-refractivity contribution in [3.05, 3.63) is 28.2 Å². The molecule has 0 atom stereocenters. The van der Waals surface area contributed by atoms with E-state index in [1.54, 1.807) is 0 Å². The van der Waals surface area contributed by atoms with Gasteiger partial charge in [-0.25, -0.2) is 4.79 Å². The van der Waals surface area contributed by atoms with E-state index in [1.807, 2.05) is 22.6 Å². The highest BCUT2D eigenvalue weighted by Gasteiger charge is 2.06. The summed E-state index contributed by atoms with van der Waals surface area (Å²) < 4.78 is 12.0. The zero-order valence-corrected chi connectivity index (χ0v) is 11.5. The summed E-state index contributed by atoms with van der Waals surface area (Å²) in [6.45, 7) is -0.0108. The molecule has 0 aromatic heterocycles. The van der Waals surface area contributed by atoms with Crippen LogP contribution in [-0.2, 0) is 4.74 Å². The Morgan fingerprint density at radius 2 is 2.12 bits per heavy atom. The van der Waals surface area contributed by atoms with E-state index >= 15 is 0 Å². The molecule has 0 aliphatic heterocycles. The fourth-order valence-corrected chi connectivity index (χ4v) is 1.23. The molecule has 0 amide bonds. The van der Waals surface area contributed by atoms with Crippen molar-refractivity contribution in [1.29, 1.82) is 0 Å². The van der Waals surface area contributed by atoms with Crippen LogP contribution in [0.5, 0.6) is 5.75 Å². The third-order valence-corrected chi connectivity index (χ3v) is 2.54. The Hall–Kier alpha value is -0.640. The van der Waals surface area contributed by atoms with Gasteiger partial charge in [0, 0.05) is 28.7 Å². The number of carbonyl (C=O) groups excluding carboxylic acids is 1. The molecule has 0 fully saturated rings. The molecule has 0 heterocycles. The summed E-state index contributed by atoms with van der Waals surface area (Å²) in [4.78, 5) is 11.1. The first-order valence-electron chi connectivity index (χ1n) is 4.01. The summed E-state index contributed by atoms with van der Waals surface area (Å²) in [6.07, 6.45) is -0.836. The van der Waals surface area contributed by atoms with Crippen LogP contribution in [0.15, 0.2) is 18.2 Å². The Labute approximate surface area is 116 Å². The van der Waals surface area contributed by atoms with Gasteiger partial charge in [-0.2, -0.15) is 0 Å². The first kappa shape index (κ1) is 13.4. The quantitative estimate of drug-likeness (QED) is 0.343. The Balaban J connectivity index is 2.55. The maximum absolute atomic E-state index is 11.1. The lowest BCUT2D eigenvalue weighted by atomic mass is 10.3. The Morgan fingerprint density at radius 1 is 1.38 bits per heavy atom. The lowest BCUT2D eigenvalue weighted by Crippen LogP contribution is -2.10. The van der Waals surface area contributed by atoms with Crippen LogP contribution in [0, 0.1) is 9.85 Å². The molecule has 0 saturated carbocycles. The molecule has 1 rings (SSSR count). The SMILES string of the molecule is O=C(OCC#CI)Oc1ccc(Cl)c(Cl)c1. The standard InChI is InChI=1S/C10H5Cl2IO3/c11-8-3-2-7(6-9(8)12)16-10(14)15-5-1-4-13/h2-3,6H,5H2. The number of hydrogen-bond donors (Lipinski definition) is 0. The van der Waals surface area contributed by atoms with Crippen molar-refractivity contribution < 1.29 is 14.3 Å². The predicted molar refractivity (Wildman–Crippen MR) is 70.2 cm³/mol. The molecule has 0 saturated heterocycles. The van der Waals surface area contributed by atoms with Gasteiger partial charge in [-0.3, -0.25) is 0 Å². The summed E-state index contributed by atoms with van der Waals surface area (Å²) in [5.74, 6) is 2.82. The molecule has 6 heteroatoms. The van der Waals surface area contributed by atoms with Gasteiger partial charge in [0.05, 0.1) is 10.0 Å². The van der Waals surface area contributed by atoms with Crippen LogP contribution < -0.4 is 4.74 Å². The molecular formula is C10H5Cl2IO3. The second kappa shape index (κ2) is 6.84. The topological polar surface area (TPSA) is 35.5 Å². The van der Waals surface area contributed by atoms with Crippen molar-refractivity contribution in [3.8, 4) is 15.6 Å². The Kier molecular flexibility index (Phi) is 5.74. The van der Waals surface area contributed by atoms with Crippen molar-refractivity contribution in [2.75, 3.05) is 6.61 Å². The molecule has 1 aromatic carbocycles. The first-order chi connectivity index (χ1) is 7.63. The molecular weight excluding hydrogens is 366 g/mol. The van der Waals surface area contributed by atoms with Crippen molar-refractivity contribution in [2.45, 2.75) is 0 Å². The van der Waals surface area contributed by atoms with Crippen LogP contribution in [0.25, 0.3) is 0 Å². The van der Waals surface area contributed by atoms with E-state index in [0.717, 1.165) is 0 Å². The number of ether oxygens (including phenoxy) is 2. The van der Waals surface area contributed by atoms with Gasteiger partial charge in [0.1, 0.15) is 5.75 Å². The zero-order chi connectivity index (χ0) is 12.0. The van der Waals surface area contributed by atoms with Gasteiger partial charge in [0.25, 0.3) is 0 Å². The Bertz CT molecular complexity index is 451. The highest BCUT2D eigenvalue weighted by atomic mass is 127. The van der Waals surface area contributed by atoms with E-state index < -0.39 is 6.16 Å². The average molecular weight is 371 g/mol. The summed E-state index contributed by atoms with van der Waals surface area (Å²) in [7, 11) is 0. The first-order valence-corrected chi connectivity index (χ1v) is 5.85. The molecule has 0 aliphatic rings. The third-order valence-electron chi connectivity index (χ3n) is 1.42. The van der Waals surface area contributed by atoms with Crippen molar-refractivity contribution in [2.24, 2.45) is 0 Å². The molecule has 0 spiro atoms. The minimum Gasteiger partial charge on any atom is -0.421 e. The van der Waals surface area contributed by atoms with Gasteiger partial charge in [0.2, 0.25) is 0 Å². The molecule has 16 heavy (non-hydrogen) atoms. The largest absolute Gasteiger partial charge is 0.514 e. The van der Waals surface area contributed by atoms with Crippen molar-refractivity contribution in [3.63, 3.8) is 0 Å². The van der Waals surface area contributed by atoms with Crippen LogP contribution in [0.3, 0.4) is 0 Å². The highest BCUT2D eigenvalue weighted by molar-refractivity contribution is 14.1. The van der Waals surface area contributed by atoms with E-state index in [1.165, 1.54) is 18.2 Å². The monoisotopic (exact) mass is 370 g/mol. The molecule has 0 N–H and O–H groups in total. The maximum Gasteiger partial charge on any atom is 0.514 e. The molecule has 3 nitrogen and oxygen atoms in total. The average Bonchev–Trinajstić information content (AvgIpc) is 2.24. The van der Waals surface area contributed by atoms with Crippen molar-refractivity contribution in [1.82, 2.24) is 0 Å². The van der Waals surface area contributed by atoms with E-state index in [-0.39, 0.29) is 12.4 Å². The van der Waals surface area contributed by atoms with Crippen LogP contribution >= 0.6 is 45.8 Å². The lowest BCUT2D eigenvalue weighted by Gasteiger charge is -2.04. The van der Waals surface area contributed by atoms with E-state index in [4.69, 9.17) is 27.9 Å². The summed E-state index contributed by atoms with van der Waals surface area (Å²) >= 11 is 13.3. The number of hydrogen-bond acceptors (Lipinski definition) is 3. The minimum atomic E-state index is -0.836. The molecule has 0 bridgehead atoms. The Morgan fingerprint density at radius 3 is 2.75 bits per heavy atom. The van der Waals surface area contributed by atoms with E-state index in [9.17, 15) is 4.79 Å². The van der Waals surface area contributed by atoms with Crippen LogP contribution in [-0.4, -0.2) is 12.8 Å². The molecule has 0 aliphatic carbocycles. The fraction of sp³-hybridized carbons (Fsp3) is 0.100. The van der Waals surface area contributed by atoms with Crippen LogP contribution in [0.1, 0.15) is 0 Å². The number of benzene rings is 1. The van der Waals surface area contributed by atoms with E-state index in [2.05, 4.69) is 14.6 Å². The molecule has 1 aromatic rings. The van der Waals surface area contributed by atoms with Crippen molar-refractivity contribution >= 4 is 51.9 Å². The molecule has 0 unspecified atom stereocenters. The van der Waals surface area contributed by atoms with Gasteiger partial charge < -0.3 is 9.47 Å². The summed E-state index contributed by atoms with van der Waals surface area (Å²) in [5, 5.41) is 0.692. The lowest BCUT2D eigenvalue weighted by molar-refractivity contribution is 0.111. The normalized spacial score (nSPS) is 8.94. The van der Waals surface area contributed by atoms with Gasteiger partial charge in [-0.15, -0.1) is 0 Å². The van der Waals surface area contributed by atoms with Gasteiger partial charge in [-0.05, 0) is 16.1 Å². The number of halogens is 3. The highest BCUT2D eigenvalue weighted by Crippen LogP contribution is 2.26.